The van der Waals surface area contributed by atoms with Crippen LogP contribution < -0.4 is 9.47 Å². The van der Waals surface area contributed by atoms with Gasteiger partial charge in [-0.2, -0.15) is 0 Å². The van der Waals surface area contributed by atoms with Crippen molar-refractivity contribution in [1.82, 2.24) is 29.7 Å². The van der Waals surface area contributed by atoms with Crippen LogP contribution in [0, 0.1) is 41.5 Å². The second-order valence-electron chi connectivity index (χ2n) is 28.2. The van der Waals surface area contributed by atoms with Gasteiger partial charge in [-0.1, -0.05) is 34.9 Å². The Morgan fingerprint density at radius 3 is 1.21 bits per heavy atom. The highest BCUT2D eigenvalue weighted by Gasteiger charge is 2.57. The van der Waals surface area contributed by atoms with Crippen LogP contribution in [-0.2, 0) is 47.6 Å². The summed E-state index contributed by atoms with van der Waals surface area (Å²) in [5.41, 5.74) is 4.09. The molecule has 3 amide bonds. The third kappa shape index (κ3) is 16.2. The van der Waals surface area contributed by atoms with Crippen molar-refractivity contribution >= 4 is 92.0 Å². The van der Waals surface area contributed by atoms with Gasteiger partial charge in [0.25, 0.3) is 0 Å². The first-order valence-corrected chi connectivity index (χ1v) is 31.7. The van der Waals surface area contributed by atoms with Crippen LogP contribution in [0.2, 0.25) is 0 Å². The maximum absolute atomic E-state index is 13.4. The third-order valence-corrected chi connectivity index (χ3v) is 16.6. The smallest absolute Gasteiger partial charge is 0.411 e. The predicted molar refractivity (Wildman–Crippen MR) is 355 cm³/mol. The average Bonchev–Trinajstić information content (AvgIpc) is 1.71. The molecule has 6 aromatic rings. The average molecular weight is 1340 g/mol. The topological polar surface area (TPSA) is 313 Å². The molecule has 8 heterocycles. The van der Waals surface area contributed by atoms with E-state index >= 15 is 0 Å². The predicted octanol–water partition coefficient (Wildman–Crippen LogP) is 11.0. The molecule has 1 N–H and O–H groups in total. The number of fused-ring (bicyclic) bond motifs is 7. The summed E-state index contributed by atoms with van der Waals surface area (Å²) in [6.45, 7) is 28.2. The highest BCUT2D eigenvalue weighted by molar-refractivity contribution is 6.13. The zero-order valence-corrected chi connectivity index (χ0v) is 58.6. The number of amides is 3. The van der Waals surface area contributed by atoms with Gasteiger partial charge in [-0.25, -0.2) is 43.7 Å². The number of hydrogen-bond donors (Lipinski definition) is 1. The molecule has 5 atom stereocenters. The number of ketones is 4. The number of nitrogens with zero attached hydrogens (tertiary/aromatic N) is 6. The monoisotopic (exact) mass is 1340 g/mol. The summed E-state index contributed by atoms with van der Waals surface area (Å²) in [4.78, 5) is 141. The third-order valence-electron chi connectivity index (χ3n) is 16.6. The molecule has 5 aliphatic rings. The minimum Gasteiger partial charge on any atom is -0.505 e. The fraction of sp³-hybridized carbons (Fsp3) is 0.486. The lowest BCUT2D eigenvalue weighted by atomic mass is 9.86. The molecule has 3 aromatic carbocycles. The van der Waals surface area contributed by atoms with E-state index in [1.165, 1.54) is 38.1 Å². The first kappa shape index (κ1) is 73.0. The fourth-order valence-electron chi connectivity index (χ4n) is 12.4. The lowest BCUT2D eigenvalue weighted by molar-refractivity contribution is -0.146. The van der Waals surface area contributed by atoms with Gasteiger partial charge >= 0.3 is 36.2 Å². The van der Waals surface area contributed by atoms with Crippen molar-refractivity contribution in [2.24, 2.45) is 0 Å². The Morgan fingerprint density at radius 2 is 0.845 bits per heavy atom. The SMILES string of the molecule is CC(=O)c1c(O)c(C)nc2ccc(C)cc12.COC(=O)[C@@H]1CC(=O)CN1C(=O)OC(C)(C)C.COC(=O)[C@@H]1C[C@@]2(CC(=O)c3c(c(C)nc4ccc(C)cc34)O2)CN1C(=O)OC(C)(C)C.COC(=O)[C@@H]1C[C@]2(CC(=O)c3c(c(C)nc4ccc(C)cc34)O2)CN1C(=O)OC(C)(C)C. The Morgan fingerprint density at radius 1 is 0.505 bits per heavy atom. The Balaban J connectivity index is 0.000000173. The second-order valence-corrected chi connectivity index (χ2v) is 28.2. The number of carbonyl (C=O) groups excluding carboxylic acids is 10. The van der Waals surface area contributed by atoms with Gasteiger partial charge in [0, 0.05) is 35.4 Å². The molecular weight excluding hydrogens is 1250 g/mol. The summed E-state index contributed by atoms with van der Waals surface area (Å²) in [6.07, 6.45) is -1.61. The summed E-state index contributed by atoms with van der Waals surface area (Å²) in [5, 5.41) is 12.1. The van der Waals surface area contributed by atoms with E-state index < -0.39 is 82.3 Å². The zero-order valence-electron chi connectivity index (χ0n) is 58.6. The van der Waals surface area contributed by atoms with Crippen LogP contribution in [0.4, 0.5) is 14.4 Å². The number of likely N-dealkylation sites (tertiary alicyclic amines) is 3. The molecule has 0 bridgehead atoms. The van der Waals surface area contributed by atoms with E-state index in [4.69, 9.17) is 33.2 Å². The molecule has 0 unspecified atom stereocenters. The Kier molecular flexibility index (Phi) is 20.9. The largest absolute Gasteiger partial charge is 0.505 e. The Hall–Kier alpha value is -9.81. The van der Waals surface area contributed by atoms with Gasteiger partial charge < -0.3 is 43.0 Å². The molecule has 2 spiro atoms. The van der Waals surface area contributed by atoms with Gasteiger partial charge in [-0.3, -0.25) is 33.9 Å². The maximum atomic E-state index is 13.4. The molecule has 3 aromatic heterocycles. The Bertz CT molecular complexity index is 4040. The number of aromatic nitrogens is 3. The number of ether oxygens (including phenoxy) is 8. The number of Topliss-reactive ketones (excluding diaryl/α,β-unsaturated/α-hetero) is 4. The summed E-state index contributed by atoms with van der Waals surface area (Å²) in [7, 11) is 3.76. The van der Waals surface area contributed by atoms with Crippen molar-refractivity contribution in [3.05, 3.63) is 105 Å². The van der Waals surface area contributed by atoms with Crippen LogP contribution in [0.25, 0.3) is 32.7 Å². The summed E-state index contributed by atoms with van der Waals surface area (Å²) in [6, 6.07) is 14.6. The Labute approximate surface area is 562 Å². The molecule has 0 radical (unpaired) electrons. The van der Waals surface area contributed by atoms with E-state index in [2.05, 4.69) is 19.7 Å². The van der Waals surface area contributed by atoms with Gasteiger partial charge in [0.05, 0.1) is 104 Å². The van der Waals surface area contributed by atoms with Crippen molar-refractivity contribution in [1.29, 1.82) is 0 Å². The molecule has 3 saturated heterocycles. The highest BCUT2D eigenvalue weighted by Crippen LogP contribution is 2.47. The molecule has 518 valence electrons. The molecule has 25 heteroatoms. The first-order chi connectivity index (χ1) is 45.1. The lowest BCUT2D eigenvalue weighted by Crippen LogP contribution is -2.47. The van der Waals surface area contributed by atoms with E-state index in [0.717, 1.165) is 54.3 Å². The summed E-state index contributed by atoms with van der Waals surface area (Å²) in [5.74, 6) is -1.43. The van der Waals surface area contributed by atoms with E-state index in [-0.39, 0.29) is 80.6 Å². The first-order valence-electron chi connectivity index (χ1n) is 31.7. The maximum Gasteiger partial charge on any atom is 0.411 e. The van der Waals surface area contributed by atoms with Gasteiger partial charge in [0.1, 0.15) is 51.9 Å². The number of rotatable bonds is 4. The number of esters is 3. The molecule has 25 nitrogen and oxygen atoms in total. The molecule has 5 aliphatic heterocycles. The minimum atomic E-state index is -1.05. The van der Waals surface area contributed by atoms with Crippen LogP contribution in [0.1, 0.15) is 166 Å². The van der Waals surface area contributed by atoms with Crippen molar-refractivity contribution in [2.75, 3.05) is 41.0 Å². The molecule has 11 rings (SSSR count). The van der Waals surface area contributed by atoms with Gasteiger partial charge in [-0.15, -0.1) is 0 Å². The number of methoxy groups -OCH3 is 3. The van der Waals surface area contributed by atoms with Crippen molar-refractivity contribution in [3.8, 4) is 17.2 Å². The molecule has 97 heavy (non-hydrogen) atoms. The highest BCUT2D eigenvalue weighted by atomic mass is 16.6. The molecule has 0 aliphatic carbocycles. The minimum absolute atomic E-state index is 0.00802. The van der Waals surface area contributed by atoms with Gasteiger partial charge in [-0.05, 0) is 147 Å². The molecule has 0 saturated carbocycles. The number of aromatic hydroxyl groups is 1. The lowest BCUT2D eigenvalue weighted by Gasteiger charge is -2.35. The number of aryl methyl sites for hydroxylation is 6. The fourth-order valence-corrected chi connectivity index (χ4v) is 12.4. The van der Waals surface area contributed by atoms with Crippen LogP contribution >= 0.6 is 0 Å². The second kappa shape index (κ2) is 27.7. The van der Waals surface area contributed by atoms with Crippen LogP contribution in [0.3, 0.4) is 0 Å². The van der Waals surface area contributed by atoms with Crippen LogP contribution in [0.15, 0.2) is 54.6 Å². The van der Waals surface area contributed by atoms with Crippen molar-refractivity contribution in [3.63, 3.8) is 0 Å². The number of hydrogen-bond acceptors (Lipinski definition) is 22. The van der Waals surface area contributed by atoms with E-state index in [9.17, 15) is 53.1 Å². The van der Waals surface area contributed by atoms with E-state index in [0.29, 0.717) is 45.3 Å². The standard InChI is InChI=1S/2C24H28N2O6.C13H13NO2.C11H17NO5/c2*1-13-7-8-16-15(9-13)19-18(27)11-24(31-20(19)14(2)25-16)10-17(21(28)30-6)26(12-24)22(29)32-23(3,4)5;1-7-4-5-11-10(6-7)12(9(3)15)13(16)8(2)14-11;1-11(2,3)17-10(15)12-6-7(13)5-8(12)9(14)16-4/h2*7-9,17H,10-12H2,1-6H3;4-6,16H,1-3H3;8H,5-6H2,1-4H3/t17-,24+;17-,24-;;8-/m00.0/s1. The summed E-state index contributed by atoms with van der Waals surface area (Å²) < 4.78 is 43.4. The molecule has 3 fully saturated rings. The van der Waals surface area contributed by atoms with Crippen molar-refractivity contribution < 1.29 is 90.9 Å². The van der Waals surface area contributed by atoms with Crippen LogP contribution in [-0.4, -0.2) is 181 Å². The zero-order chi connectivity index (χ0) is 71.9. The van der Waals surface area contributed by atoms with Crippen molar-refractivity contribution in [2.45, 2.75) is 189 Å². The van der Waals surface area contributed by atoms with E-state index in [1.54, 1.807) is 83.1 Å². The van der Waals surface area contributed by atoms with Gasteiger partial charge in [0.2, 0.25) is 0 Å². The number of carbonyl (C=O) groups is 10. The van der Waals surface area contributed by atoms with Crippen LogP contribution in [0.5, 0.6) is 17.2 Å². The normalized spacial score (nSPS) is 20.3. The quantitative estimate of drug-likeness (QED) is 0.0973. The molecular formula is C72H86N6O19. The summed E-state index contributed by atoms with van der Waals surface area (Å²) >= 11 is 0. The van der Waals surface area contributed by atoms with Gasteiger partial charge in [0.15, 0.2) is 34.6 Å². The number of benzene rings is 3. The number of pyridine rings is 3. The van der Waals surface area contributed by atoms with E-state index in [1.807, 2.05) is 75.4 Å².